The average Bonchev–Trinajstić information content (AvgIpc) is 4.05. The normalized spacial score (nSPS) is 16.1. The van der Waals surface area contributed by atoms with Crippen molar-refractivity contribution in [2.45, 2.75) is 142 Å². The van der Waals surface area contributed by atoms with Gasteiger partial charge in [-0.2, -0.15) is 5.10 Å². The first-order valence-electron chi connectivity index (χ1n) is 27.1. The molecule has 0 unspecified atom stereocenters. The Labute approximate surface area is 453 Å². The van der Waals surface area contributed by atoms with Crippen LogP contribution in [0.15, 0.2) is 77.0 Å². The van der Waals surface area contributed by atoms with E-state index in [-0.39, 0.29) is 60.7 Å². The summed E-state index contributed by atoms with van der Waals surface area (Å²) in [5.74, 6) is -2.19. The van der Waals surface area contributed by atoms with Gasteiger partial charge in [-0.3, -0.25) is 33.6 Å². The lowest BCUT2D eigenvalue weighted by atomic mass is 9.85. The molecular weight excluding hydrogens is 1000 g/mol. The standard InChI is InChI=1S/C58H74FN9O8S/c1-38-52(77-37-62-38)41-24-21-39(22-25-41)35-61-55(74)48-34-42(69)36-68(48)57(76)53(58(2,3)4)63-50(71)19-15-27-60-49(70)18-11-9-7-5-6-8-10-12-20-51(72)66-28-30-67(31-29-66)56(75)45-32-40(23-26-46(45)59)33-47-43-16-13-14-17-44(43)54(73)65-64-47/h13-14,16-17,21-26,32,37,42,48,53,69H,5-12,15,18-20,27-31,33-36H2,1-4H3,(H,60,70)(H,61,74)(H,63,71)(H,65,73)/t42-,48+,53-/m1/s1. The molecule has 7 rings (SSSR count). The van der Waals surface area contributed by atoms with Crippen molar-refractivity contribution in [3.63, 3.8) is 0 Å². The van der Waals surface area contributed by atoms with Crippen molar-refractivity contribution >= 4 is 57.6 Å². The highest BCUT2D eigenvalue weighted by Gasteiger charge is 2.44. The number of hydrogen-bond donors (Lipinski definition) is 5. The summed E-state index contributed by atoms with van der Waals surface area (Å²) in [6.07, 6.45) is 8.35. The van der Waals surface area contributed by atoms with Crippen molar-refractivity contribution < 1.29 is 38.3 Å². The molecule has 0 aliphatic carbocycles. The van der Waals surface area contributed by atoms with Crippen LogP contribution in [-0.2, 0) is 36.9 Å². The van der Waals surface area contributed by atoms with E-state index in [9.17, 15) is 43.1 Å². The smallest absolute Gasteiger partial charge is 0.272 e. The van der Waals surface area contributed by atoms with E-state index in [2.05, 4.69) is 31.1 Å². The zero-order chi connectivity index (χ0) is 55.1. The average molecular weight is 1080 g/mol. The number of benzene rings is 3. The third-order valence-electron chi connectivity index (χ3n) is 14.5. The Morgan fingerprint density at radius 1 is 0.792 bits per heavy atom. The second-order valence-electron chi connectivity index (χ2n) is 21.4. The molecule has 77 heavy (non-hydrogen) atoms. The minimum atomic E-state index is -0.938. The fourth-order valence-corrected chi connectivity index (χ4v) is 10.8. The Hall–Kier alpha value is -6.86. The summed E-state index contributed by atoms with van der Waals surface area (Å²) in [7, 11) is 0. The monoisotopic (exact) mass is 1080 g/mol. The zero-order valence-corrected chi connectivity index (χ0v) is 45.7. The van der Waals surface area contributed by atoms with Gasteiger partial charge in [-0.25, -0.2) is 14.5 Å². The largest absolute Gasteiger partial charge is 0.391 e. The van der Waals surface area contributed by atoms with E-state index in [1.54, 1.807) is 45.4 Å². The van der Waals surface area contributed by atoms with Crippen molar-refractivity contribution in [2.24, 2.45) is 5.41 Å². The summed E-state index contributed by atoms with van der Waals surface area (Å²) in [6, 6.07) is 17.6. The molecule has 3 atom stereocenters. The molecule has 412 valence electrons. The number of aliphatic hydroxyl groups is 1. The van der Waals surface area contributed by atoms with Crippen LogP contribution >= 0.6 is 11.3 Å². The molecule has 2 aliphatic rings. The predicted octanol–water partition coefficient (Wildman–Crippen LogP) is 6.98. The minimum absolute atomic E-state index is 0.0158. The van der Waals surface area contributed by atoms with Gasteiger partial charge >= 0.3 is 0 Å². The van der Waals surface area contributed by atoms with Crippen molar-refractivity contribution in [3.05, 3.63) is 116 Å². The highest BCUT2D eigenvalue weighted by atomic mass is 32.1. The van der Waals surface area contributed by atoms with Gasteiger partial charge in [-0.1, -0.05) is 108 Å². The van der Waals surface area contributed by atoms with Crippen LogP contribution in [0.5, 0.6) is 0 Å². The third-order valence-corrected chi connectivity index (χ3v) is 15.5. The van der Waals surface area contributed by atoms with E-state index < -0.39 is 41.2 Å². The molecule has 17 nitrogen and oxygen atoms in total. The van der Waals surface area contributed by atoms with Crippen LogP contribution in [0.3, 0.4) is 0 Å². The number of unbranched alkanes of at least 4 members (excludes halogenated alkanes) is 7. The first-order chi connectivity index (χ1) is 37.0. The fourth-order valence-electron chi connectivity index (χ4n) is 10.0. The number of H-pyrrole nitrogens is 1. The first kappa shape index (κ1) is 57.8. The fraction of sp³-hybridized carbons (Fsp3) is 0.500. The lowest BCUT2D eigenvalue weighted by Crippen LogP contribution is -2.57. The Balaban J connectivity index is 0.708. The molecule has 6 amide bonds. The number of hydrogen-bond acceptors (Lipinski definition) is 11. The summed E-state index contributed by atoms with van der Waals surface area (Å²) in [4.78, 5) is 102. The van der Waals surface area contributed by atoms with Crippen LogP contribution in [0.4, 0.5) is 4.39 Å². The van der Waals surface area contributed by atoms with Gasteiger partial charge in [0, 0.05) is 83.3 Å². The van der Waals surface area contributed by atoms with Crippen molar-refractivity contribution in [1.29, 1.82) is 0 Å². The van der Waals surface area contributed by atoms with Crippen molar-refractivity contribution in [1.82, 2.24) is 45.8 Å². The van der Waals surface area contributed by atoms with Gasteiger partial charge in [0.05, 0.1) is 38.8 Å². The lowest BCUT2D eigenvalue weighted by molar-refractivity contribution is -0.144. The third kappa shape index (κ3) is 16.1. The predicted molar refractivity (Wildman–Crippen MR) is 294 cm³/mol. The van der Waals surface area contributed by atoms with Crippen molar-refractivity contribution in [2.75, 3.05) is 39.3 Å². The number of thiazole rings is 1. The molecule has 0 saturated carbocycles. The quantitative estimate of drug-likeness (QED) is 0.0399. The van der Waals surface area contributed by atoms with Crippen LogP contribution in [0.25, 0.3) is 21.2 Å². The topological polar surface area (TPSA) is 227 Å². The molecule has 2 fully saturated rings. The molecule has 2 aliphatic heterocycles. The number of aromatic amines is 1. The number of carbonyl (C=O) groups is 6. The maximum Gasteiger partial charge on any atom is 0.272 e. The number of aliphatic hydroxyl groups excluding tert-OH is 1. The maximum absolute atomic E-state index is 15.0. The lowest BCUT2D eigenvalue weighted by Gasteiger charge is -2.35. The molecular formula is C58H74FN9O8S. The Morgan fingerprint density at radius 2 is 1.43 bits per heavy atom. The summed E-state index contributed by atoms with van der Waals surface area (Å²) in [5.41, 5.74) is 4.99. The summed E-state index contributed by atoms with van der Waals surface area (Å²) < 4.78 is 15.0. The number of rotatable bonds is 24. The number of nitrogens with one attached hydrogen (secondary N) is 4. The SMILES string of the molecule is Cc1ncsc1-c1ccc(CNC(=O)[C@@H]2C[C@@H](O)CN2C(=O)[C@@H](NC(=O)CCCNC(=O)CCCCCCCCCCC(=O)N2CCN(C(=O)c3cc(Cc4n[nH]c(=O)c5ccccc45)ccc3F)CC2)C(C)(C)C)cc1. The second-order valence-corrected chi connectivity index (χ2v) is 22.3. The molecule has 5 aromatic rings. The molecule has 3 aromatic carbocycles. The van der Waals surface area contributed by atoms with Gasteiger partial charge in [0.25, 0.3) is 11.5 Å². The number of likely N-dealkylation sites (tertiary alicyclic amines) is 1. The Morgan fingerprint density at radius 3 is 2.10 bits per heavy atom. The molecule has 0 spiro atoms. The highest BCUT2D eigenvalue weighted by Crippen LogP contribution is 2.29. The van der Waals surface area contributed by atoms with Crippen LogP contribution in [0.2, 0.25) is 0 Å². The molecule has 0 radical (unpaired) electrons. The minimum Gasteiger partial charge on any atom is -0.391 e. The van der Waals surface area contributed by atoms with Gasteiger partial charge in [0.1, 0.15) is 17.9 Å². The van der Waals surface area contributed by atoms with E-state index >= 15 is 0 Å². The Kier molecular flexibility index (Phi) is 20.6. The molecule has 5 N–H and O–H groups in total. The highest BCUT2D eigenvalue weighted by molar-refractivity contribution is 7.13. The number of piperazine rings is 1. The van der Waals surface area contributed by atoms with Crippen LogP contribution in [0, 0.1) is 18.2 Å². The molecule has 4 heterocycles. The summed E-state index contributed by atoms with van der Waals surface area (Å²) in [5, 5.41) is 27.2. The number of halogens is 1. The van der Waals surface area contributed by atoms with Crippen LogP contribution in [0.1, 0.15) is 137 Å². The number of fused-ring (bicyclic) bond motifs is 1. The van der Waals surface area contributed by atoms with E-state index in [0.29, 0.717) is 80.4 Å². The van der Waals surface area contributed by atoms with E-state index in [1.807, 2.05) is 69.6 Å². The maximum atomic E-state index is 15.0. The van der Waals surface area contributed by atoms with E-state index in [0.717, 1.165) is 73.1 Å². The van der Waals surface area contributed by atoms with Gasteiger partial charge in [-0.15, -0.1) is 11.3 Å². The number of aromatic nitrogens is 3. The van der Waals surface area contributed by atoms with E-state index in [4.69, 9.17) is 0 Å². The van der Waals surface area contributed by atoms with Gasteiger partial charge in [0.15, 0.2) is 0 Å². The number of carbonyl (C=O) groups excluding carboxylic acids is 6. The van der Waals surface area contributed by atoms with E-state index in [1.165, 1.54) is 11.0 Å². The molecule has 2 saturated heterocycles. The summed E-state index contributed by atoms with van der Waals surface area (Å²) in [6.45, 7) is 9.45. The first-order valence-corrected chi connectivity index (χ1v) is 28.0. The second kappa shape index (κ2) is 27.5. The molecule has 0 bridgehead atoms. The van der Waals surface area contributed by atoms with Crippen LogP contribution < -0.4 is 21.5 Å². The van der Waals surface area contributed by atoms with Crippen molar-refractivity contribution in [3.8, 4) is 10.4 Å². The van der Waals surface area contributed by atoms with Crippen LogP contribution in [-0.4, -0.2) is 128 Å². The number of β-amino-alcohol motifs (C(OH)–C–C–N with tert-alkyl or cyclic N) is 1. The van der Waals surface area contributed by atoms with Gasteiger partial charge in [0.2, 0.25) is 29.5 Å². The van der Waals surface area contributed by atoms with Gasteiger partial charge < -0.3 is 35.8 Å². The number of aryl methyl sites for hydroxylation is 1. The zero-order valence-electron chi connectivity index (χ0n) is 44.8. The molecule has 2 aromatic heterocycles. The number of amides is 6. The number of nitrogens with zero attached hydrogens (tertiary/aromatic N) is 5. The molecule has 19 heteroatoms. The van der Waals surface area contributed by atoms with Gasteiger partial charge in [-0.05, 0) is 66.5 Å². The Bertz CT molecular complexity index is 2910. The summed E-state index contributed by atoms with van der Waals surface area (Å²) >= 11 is 1.57.